The lowest BCUT2D eigenvalue weighted by Crippen LogP contribution is -2.30. The SMILES string of the molecule is O=C(c1cccc(F)c1)N1CCS[C@@H]1c1cccc(Cl)c1Cl. The Bertz CT molecular complexity index is 725. The Morgan fingerprint density at radius 3 is 2.77 bits per heavy atom. The molecule has 1 saturated heterocycles. The minimum Gasteiger partial charge on any atom is -0.322 e. The summed E-state index contributed by atoms with van der Waals surface area (Å²) in [5.41, 5.74) is 1.15. The Kier molecular flexibility index (Phi) is 4.62. The van der Waals surface area contributed by atoms with Crippen LogP contribution in [0.15, 0.2) is 42.5 Å². The van der Waals surface area contributed by atoms with Crippen molar-refractivity contribution in [2.24, 2.45) is 0 Å². The van der Waals surface area contributed by atoms with Gasteiger partial charge in [0.25, 0.3) is 5.91 Å². The van der Waals surface area contributed by atoms with E-state index >= 15 is 0 Å². The van der Waals surface area contributed by atoms with Crippen molar-refractivity contribution in [2.75, 3.05) is 12.3 Å². The zero-order valence-electron chi connectivity index (χ0n) is 11.4. The molecule has 1 aliphatic rings. The third-order valence-corrected chi connectivity index (χ3v) is 5.55. The molecular weight excluding hydrogens is 344 g/mol. The molecule has 0 N–H and O–H groups in total. The Balaban J connectivity index is 1.93. The molecule has 6 heteroatoms. The zero-order chi connectivity index (χ0) is 15.7. The van der Waals surface area contributed by atoms with Crippen molar-refractivity contribution in [1.29, 1.82) is 0 Å². The maximum Gasteiger partial charge on any atom is 0.255 e. The van der Waals surface area contributed by atoms with Gasteiger partial charge in [-0.1, -0.05) is 41.4 Å². The molecule has 1 fully saturated rings. The van der Waals surface area contributed by atoms with Crippen molar-refractivity contribution >= 4 is 40.9 Å². The first-order valence-corrected chi connectivity index (χ1v) is 8.50. The summed E-state index contributed by atoms with van der Waals surface area (Å²) in [7, 11) is 0. The molecule has 22 heavy (non-hydrogen) atoms. The van der Waals surface area contributed by atoms with Crippen LogP contribution in [-0.2, 0) is 0 Å². The van der Waals surface area contributed by atoms with Crippen molar-refractivity contribution in [3.05, 3.63) is 69.5 Å². The van der Waals surface area contributed by atoms with E-state index in [-0.39, 0.29) is 11.3 Å². The molecule has 2 nitrogen and oxygen atoms in total. The van der Waals surface area contributed by atoms with Crippen molar-refractivity contribution in [2.45, 2.75) is 5.37 Å². The minimum absolute atomic E-state index is 0.203. The van der Waals surface area contributed by atoms with Gasteiger partial charge in [-0.05, 0) is 24.3 Å². The lowest BCUT2D eigenvalue weighted by molar-refractivity contribution is 0.0760. The summed E-state index contributed by atoms with van der Waals surface area (Å²) < 4.78 is 13.3. The predicted octanol–water partition coefficient (Wildman–Crippen LogP) is 5.02. The summed E-state index contributed by atoms with van der Waals surface area (Å²) in [4.78, 5) is 14.4. The van der Waals surface area contributed by atoms with Crippen LogP contribution in [0.5, 0.6) is 0 Å². The van der Waals surface area contributed by atoms with E-state index in [2.05, 4.69) is 0 Å². The summed E-state index contributed by atoms with van der Waals surface area (Å²) in [6, 6.07) is 11.1. The topological polar surface area (TPSA) is 20.3 Å². The Labute approximate surface area is 142 Å². The lowest BCUT2D eigenvalue weighted by atomic mass is 10.1. The normalized spacial score (nSPS) is 17.8. The Morgan fingerprint density at radius 2 is 2.00 bits per heavy atom. The van der Waals surface area contributed by atoms with Crippen LogP contribution in [0.3, 0.4) is 0 Å². The summed E-state index contributed by atoms with van der Waals surface area (Å²) in [5, 5.41) is 0.715. The molecule has 0 aliphatic carbocycles. The summed E-state index contributed by atoms with van der Waals surface area (Å²) >= 11 is 14.0. The highest BCUT2D eigenvalue weighted by Crippen LogP contribution is 2.43. The monoisotopic (exact) mass is 355 g/mol. The van der Waals surface area contributed by atoms with E-state index in [1.54, 1.807) is 28.8 Å². The number of carbonyl (C=O) groups is 1. The van der Waals surface area contributed by atoms with Crippen molar-refractivity contribution in [3.8, 4) is 0 Å². The Morgan fingerprint density at radius 1 is 1.23 bits per heavy atom. The molecule has 0 saturated carbocycles. The molecule has 2 aromatic carbocycles. The second-order valence-corrected chi connectivity index (χ2v) is 6.85. The molecular formula is C16H12Cl2FNOS. The molecule has 0 spiro atoms. The molecule has 1 atom stereocenters. The summed E-state index contributed by atoms with van der Waals surface area (Å²) in [6.07, 6.45) is 0. The maximum atomic E-state index is 13.3. The van der Waals surface area contributed by atoms with Gasteiger partial charge in [-0.3, -0.25) is 4.79 Å². The number of carbonyl (C=O) groups excluding carboxylic acids is 1. The molecule has 1 aliphatic heterocycles. The van der Waals surface area contributed by atoms with Gasteiger partial charge >= 0.3 is 0 Å². The highest BCUT2D eigenvalue weighted by atomic mass is 35.5. The van der Waals surface area contributed by atoms with Gasteiger partial charge in [0.15, 0.2) is 0 Å². The van der Waals surface area contributed by atoms with Crippen LogP contribution in [0.4, 0.5) is 4.39 Å². The first-order chi connectivity index (χ1) is 10.6. The van der Waals surface area contributed by atoms with Gasteiger partial charge in [0.05, 0.1) is 10.0 Å². The van der Waals surface area contributed by atoms with E-state index in [1.165, 1.54) is 18.2 Å². The third-order valence-electron chi connectivity index (χ3n) is 3.47. The van der Waals surface area contributed by atoms with Crippen LogP contribution in [0.25, 0.3) is 0 Å². The van der Waals surface area contributed by atoms with E-state index in [0.717, 1.165) is 11.3 Å². The summed E-state index contributed by atoms with van der Waals surface area (Å²) in [5.74, 6) is 0.176. The van der Waals surface area contributed by atoms with Gasteiger partial charge < -0.3 is 4.90 Å². The largest absolute Gasteiger partial charge is 0.322 e. The molecule has 1 amide bonds. The van der Waals surface area contributed by atoms with Crippen molar-refractivity contribution in [1.82, 2.24) is 4.90 Å². The fraction of sp³-hybridized carbons (Fsp3) is 0.188. The quantitative estimate of drug-likeness (QED) is 0.753. The van der Waals surface area contributed by atoms with E-state index in [9.17, 15) is 9.18 Å². The summed E-state index contributed by atoms with van der Waals surface area (Å²) in [6.45, 7) is 0.591. The van der Waals surface area contributed by atoms with Gasteiger partial charge in [-0.2, -0.15) is 0 Å². The molecule has 114 valence electrons. The number of nitrogens with zero attached hydrogens (tertiary/aromatic N) is 1. The number of thioether (sulfide) groups is 1. The van der Waals surface area contributed by atoms with Gasteiger partial charge in [0, 0.05) is 23.4 Å². The van der Waals surface area contributed by atoms with Crippen LogP contribution >= 0.6 is 35.0 Å². The van der Waals surface area contributed by atoms with Crippen molar-refractivity contribution in [3.63, 3.8) is 0 Å². The average Bonchev–Trinajstić information content (AvgIpc) is 2.98. The molecule has 0 radical (unpaired) electrons. The van der Waals surface area contributed by atoms with Crippen LogP contribution in [0.2, 0.25) is 10.0 Å². The molecule has 3 rings (SSSR count). The zero-order valence-corrected chi connectivity index (χ0v) is 13.8. The fourth-order valence-corrected chi connectivity index (χ4v) is 4.19. The second kappa shape index (κ2) is 6.49. The number of hydrogen-bond acceptors (Lipinski definition) is 2. The van der Waals surface area contributed by atoms with Gasteiger partial charge in [-0.15, -0.1) is 11.8 Å². The van der Waals surface area contributed by atoms with Gasteiger partial charge in [0.2, 0.25) is 0 Å². The smallest absolute Gasteiger partial charge is 0.255 e. The van der Waals surface area contributed by atoms with Gasteiger partial charge in [-0.25, -0.2) is 4.39 Å². The number of benzene rings is 2. The van der Waals surface area contributed by atoms with Crippen LogP contribution in [0.1, 0.15) is 21.3 Å². The van der Waals surface area contributed by atoms with E-state index in [0.29, 0.717) is 22.2 Å². The maximum absolute atomic E-state index is 13.3. The molecule has 0 bridgehead atoms. The van der Waals surface area contributed by atoms with Crippen LogP contribution in [-0.4, -0.2) is 23.1 Å². The second-order valence-electron chi connectivity index (χ2n) is 4.88. The van der Waals surface area contributed by atoms with Gasteiger partial charge in [0.1, 0.15) is 11.2 Å². The third kappa shape index (κ3) is 2.96. The molecule has 1 heterocycles. The molecule has 0 unspecified atom stereocenters. The minimum atomic E-state index is -0.421. The number of amides is 1. The number of halogens is 3. The number of rotatable bonds is 2. The Hall–Kier alpha value is -1.23. The van der Waals surface area contributed by atoms with Crippen LogP contribution in [0, 0.1) is 5.82 Å². The standard InChI is InChI=1S/C16H12Cl2FNOS/c17-13-6-2-5-12(14(13)18)16-20(7-8-22-16)15(21)10-3-1-4-11(19)9-10/h1-6,9,16H,7-8H2/t16-/m1/s1. The molecule has 0 aromatic heterocycles. The number of hydrogen-bond donors (Lipinski definition) is 0. The highest BCUT2D eigenvalue weighted by Gasteiger charge is 2.33. The van der Waals surface area contributed by atoms with E-state index < -0.39 is 5.82 Å². The van der Waals surface area contributed by atoms with Crippen LogP contribution < -0.4 is 0 Å². The fourth-order valence-electron chi connectivity index (χ4n) is 2.43. The highest BCUT2D eigenvalue weighted by molar-refractivity contribution is 7.99. The average molecular weight is 356 g/mol. The molecule has 2 aromatic rings. The van der Waals surface area contributed by atoms with Crippen molar-refractivity contribution < 1.29 is 9.18 Å². The van der Waals surface area contributed by atoms with E-state index in [1.807, 2.05) is 12.1 Å². The first-order valence-electron chi connectivity index (χ1n) is 6.70. The van der Waals surface area contributed by atoms with E-state index in [4.69, 9.17) is 23.2 Å². The predicted molar refractivity (Wildman–Crippen MR) is 89.1 cm³/mol. The first kappa shape index (κ1) is 15.7. The lowest BCUT2D eigenvalue weighted by Gasteiger charge is -2.25.